The van der Waals surface area contributed by atoms with Gasteiger partial charge in [-0.3, -0.25) is 14.9 Å². The van der Waals surface area contributed by atoms with Gasteiger partial charge in [-0.15, -0.1) is 10.2 Å². The first-order valence-corrected chi connectivity index (χ1v) is 8.99. The number of carbonyl (C=O) groups is 1. The molecule has 2 aromatic carbocycles. The summed E-state index contributed by atoms with van der Waals surface area (Å²) in [7, 11) is 0. The van der Waals surface area contributed by atoms with Crippen molar-refractivity contribution in [3.63, 3.8) is 0 Å². The number of thioether (sulfide) groups is 1. The number of nitrogens with zero attached hydrogens (tertiary/aromatic N) is 3. The number of nitro groups is 1. The second-order valence-electron chi connectivity index (χ2n) is 5.83. The predicted molar refractivity (Wildman–Crippen MR) is 102 cm³/mol. The summed E-state index contributed by atoms with van der Waals surface area (Å²) >= 11 is 1.12. The van der Waals surface area contributed by atoms with Crippen molar-refractivity contribution in [2.24, 2.45) is 0 Å². The maximum atomic E-state index is 12.1. The fourth-order valence-electron chi connectivity index (χ4n) is 2.30. The van der Waals surface area contributed by atoms with Gasteiger partial charge in [-0.1, -0.05) is 29.5 Å². The van der Waals surface area contributed by atoms with Gasteiger partial charge in [0, 0.05) is 23.4 Å². The van der Waals surface area contributed by atoms with Crippen molar-refractivity contribution >= 4 is 29.0 Å². The molecule has 0 radical (unpaired) electrons. The van der Waals surface area contributed by atoms with E-state index in [2.05, 4.69) is 15.5 Å². The molecule has 0 aliphatic carbocycles. The molecule has 0 aliphatic rings. The van der Waals surface area contributed by atoms with Crippen molar-refractivity contribution in [2.45, 2.75) is 19.1 Å². The molecule has 0 spiro atoms. The van der Waals surface area contributed by atoms with Crippen LogP contribution in [0.2, 0.25) is 0 Å². The van der Waals surface area contributed by atoms with Crippen LogP contribution in [0.1, 0.15) is 11.1 Å². The highest BCUT2D eigenvalue weighted by Gasteiger charge is 2.13. The molecular formula is C18H16N4O4S. The van der Waals surface area contributed by atoms with Gasteiger partial charge in [0.2, 0.25) is 11.8 Å². The number of nitrogens with one attached hydrogen (secondary N) is 1. The highest BCUT2D eigenvalue weighted by Crippen LogP contribution is 2.24. The summed E-state index contributed by atoms with van der Waals surface area (Å²) in [6.45, 7) is 3.69. The number of amides is 1. The van der Waals surface area contributed by atoms with Gasteiger partial charge in [0.05, 0.1) is 10.7 Å². The Hall–Kier alpha value is -3.20. The largest absolute Gasteiger partial charge is 0.411 e. The quantitative estimate of drug-likeness (QED) is 0.388. The minimum atomic E-state index is -0.477. The van der Waals surface area contributed by atoms with Gasteiger partial charge in [-0.05, 0) is 37.6 Å². The predicted octanol–water partition coefficient (Wildman–Crippen LogP) is 3.99. The van der Waals surface area contributed by atoms with Crippen LogP contribution in [0.25, 0.3) is 11.5 Å². The molecule has 1 N–H and O–H groups in total. The van der Waals surface area contributed by atoms with Gasteiger partial charge < -0.3 is 9.73 Å². The Kier molecular flexibility index (Phi) is 5.51. The molecular weight excluding hydrogens is 368 g/mol. The normalized spacial score (nSPS) is 10.6. The maximum Gasteiger partial charge on any atom is 0.277 e. The van der Waals surface area contributed by atoms with Gasteiger partial charge in [0.15, 0.2) is 0 Å². The summed E-state index contributed by atoms with van der Waals surface area (Å²) in [6.07, 6.45) is 0. The molecule has 3 aromatic rings. The number of non-ortho nitro benzene ring substituents is 1. The highest BCUT2D eigenvalue weighted by atomic mass is 32.2. The minimum absolute atomic E-state index is 0.0191. The molecule has 0 unspecified atom stereocenters. The Morgan fingerprint density at radius 1 is 1.19 bits per heavy atom. The molecule has 27 heavy (non-hydrogen) atoms. The molecule has 8 nitrogen and oxygen atoms in total. The summed E-state index contributed by atoms with van der Waals surface area (Å²) in [5, 5.41) is 21.7. The molecule has 1 amide bonds. The average molecular weight is 384 g/mol. The lowest BCUT2D eigenvalue weighted by Crippen LogP contribution is -2.14. The standard InChI is InChI=1S/C18H16N4O4S/c1-11-3-5-13(6-4-11)17-20-21-18(26-17)27-10-16(23)19-15-8-7-14(22(24)25)9-12(15)2/h3-9H,10H2,1-2H3,(H,19,23). The smallest absolute Gasteiger partial charge is 0.277 e. The van der Waals surface area contributed by atoms with Crippen LogP contribution < -0.4 is 5.32 Å². The first kappa shape index (κ1) is 18.6. The highest BCUT2D eigenvalue weighted by molar-refractivity contribution is 7.99. The third-order valence-corrected chi connectivity index (χ3v) is 4.55. The number of aromatic nitrogens is 2. The van der Waals surface area contributed by atoms with Crippen LogP contribution in [0.15, 0.2) is 52.1 Å². The van der Waals surface area contributed by atoms with Crippen molar-refractivity contribution in [1.29, 1.82) is 0 Å². The average Bonchev–Trinajstić information content (AvgIpc) is 3.11. The van der Waals surface area contributed by atoms with Crippen molar-refractivity contribution < 1.29 is 14.1 Å². The summed E-state index contributed by atoms with van der Waals surface area (Å²) < 4.78 is 5.56. The molecule has 138 valence electrons. The lowest BCUT2D eigenvalue weighted by atomic mass is 10.1. The minimum Gasteiger partial charge on any atom is -0.411 e. The molecule has 3 rings (SSSR count). The van der Waals surface area contributed by atoms with Crippen molar-refractivity contribution in [1.82, 2.24) is 10.2 Å². The maximum absolute atomic E-state index is 12.1. The Bertz CT molecular complexity index is 985. The molecule has 0 saturated heterocycles. The Morgan fingerprint density at radius 2 is 1.93 bits per heavy atom. The van der Waals surface area contributed by atoms with Crippen LogP contribution in [-0.2, 0) is 4.79 Å². The van der Waals surface area contributed by atoms with E-state index in [1.54, 1.807) is 6.92 Å². The number of rotatable bonds is 6. The molecule has 1 aromatic heterocycles. The molecule has 9 heteroatoms. The molecule has 0 saturated carbocycles. The van der Waals surface area contributed by atoms with Crippen molar-refractivity contribution in [3.8, 4) is 11.5 Å². The number of aryl methyl sites for hydroxylation is 2. The van der Waals surface area contributed by atoms with E-state index in [9.17, 15) is 14.9 Å². The van der Waals surface area contributed by atoms with E-state index in [1.807, 2.05) is 31.2 Å². The number of benzene rings is 2. The SMILES string of the molecule is Cc1ccc(-c2nnc(SCC(=O)Nc3ccc([N+](=O)[O-])cc3C)o2)cc1. The van der Waals surface area contributed by atoms with E-state index < -0.39 is 4.92 Å². The fraction of sp³-hybridized carbons (Fsp3) is 0.167. The van der Waals surface area contributed by atoms with E-state index in [4.69, 9.17) is 4.42 Å². The summed E-state index contributed by atoms with van der Waals surface area (Å²) in [5.74, 6) is 0.197. The van der Waals surface area contributed by atoms with Gasteiger partial charge in [-0.2, -0.15) is 0 Å². The van der Waals surface area contributed by atoms with E-state index in [0.717, 1.165) is 22.9 Å². The lowest BCUT2D eigenvalue weighted by molar-refractivity contribution is -0.384. The second-order valence-corrected chi connectivity index (χ2v) is 6.76. The topological polar surface area (TPSA) is 111 Å². The van der Waals surface area contributed by atoms with E-state index in [1.165, 1.54) is 18.2 Å². The third-order valence-electron chi connectivity index (χ3n) is 3.73. The van der Waals surface area contributed by atoms with E-state index in [0.29, 0.717) is 22.4 Å². The zero-order chi connectivity index (χ0) is 19.4. The van der Waals surface area contributed by atoms with E-state index in [-0.39, 0.29) is 17.3 Å². The van der Waals surface area contributed by atoms with Gasteiger partial charge in [-0.25, -0.2) is 0 Å². The summed E-state index contributed by atoms with van der Waals surface area (Å²) in [5.41, 5.74) is 3.06. The van der Waals surface area contributed by atoms with E-state index >= 15 is 0 Å². The molecule has 0 bridgehead atoms. The number of carbonyl (C=O) groups excluding carboxylic acids is 1. The molecule has 1 heterocycles. The van der Waals surface area contributed by atoms with Gasteiger partial charge in [0.1, 0.15) is 0 Å². The fourth-order valence-corrected chi connectivity index (χ4v) is 2.86. The zero-order valence-electron chi connectivity index (χ0n) is 14.6. The van der Waals surface area contributed by atoms with Crippen LogP contribution in [0.5, 0.6) is 0 Å². The zero-order valence-corrected chi connectivity index (χ0v) is 15.4. The molecule has 0 atom stereocenters. The third kappa shape index (κ3) is 4.70. The Labute approximate surface area is 159 Å². The first-order valence-electron chi connectivity index (χ1n) is 8.00. The number of hydrogen-bond acceptors (Lipinski definition) is 7. The summed E-state index contributed by atoms with van der Waals surface area (Å²) in [6, 6.07) is 12.0. The number of nitro benzene ring substituents is 1. The Balaban J connectivity index is 1.58. The first-order chi connectivity index (χ1) is 12.9. The lowest BCUT2D eigenvalue weighted by Gasteiger charge is -2.07. The van der Waals surface area contributed by atoms with Crippen molar-refractivity contribution in [2.75, 3.05) is 11.1 Å². The monoisotopic (exact) mass is 384 g/mol. The van der Waals surface area contributed by atoms with Crippen LogP contribution in [0, 0.1) is 24.0 Å². The summed E-state index contributed by atoms with van der Waals surface area (Å²) in [4.78, 5) is 22.4. The number of anilines is 1. The number of hydrogen-bond donors (Lipinski definition) is 1. The van der Waals surface area contributed by atoms with Crippen LogP contribution in [0.4, 0.5) is 11.4 Å². The van der Waals surface area contributed by atoms with Crippen LogP contribution >= 0.6 is 11.8 Å². The molecule has 0 fully saturated rings. The second kappa shape index (κ2) is 8.00. The molecule has 0 aliphatic heterocycles. The van der Waals surface area contributed by atoms with Gasteiger partial charge >= 0.3 is 0 Å². The van der Waals surface area contributed by atoms with Crippen molar-refractivity contribution in [3.05, 3.63) is 63.7 Å². The van der Waals surface area contributed by atoms with Gasteiger partial charge in [0.25, 0.3) is 10.9 Å². The van der Waals surface area contributed by atoms with Crippen LogP contribution in [-0.4, -0.2) is 26.8 Å². The Morgan fingerprint density at radius 3 is 2.59 bits per heavy atom. The van der Waals surface area contributed by atoms with Crippen LogP contribution in [0.3, 0.4) is 0 Å².